The Bertz CT molecular complexity index is 496. The molecule has 1 aromatic rings. The van der Waals surface area contributed by atoms with Crippen molar-refractivity contribution >= 4 is 5.69 Å². The topological polar surface area (TPSA) is 49.7 Å². The minimum Gasteiger partial charge on any atom is -0.508 e. The Morgan fingerprint density at radius 2 is 1.83 bits per heavy atom. The SMILES string of the molecule is C=C/C(=C\C=C(\O)C=C)Cc1ccc(N=O)cc1. The van der Waals surface area contributed by atoms with Crippen LogP contribution in [0.4, 0.5) is 5.69 Å². The van der Waals surface area contributed by atoms with Gasteiger partial charge in [-0.05, 0) is 47.0 Å². The average molecular weight is 241 g/mol. The first-order chi connectivity index (χ1) is 8.69. The highest BCUT2D eigenvalue weighted by Crippen LogP contribution is 2.15. The van der Waals surface area contributed by atoms with Gasteiger partial charge in [-0.25, -0.2) is 0 Å². The maximum atomic E-state index is 10.3. The quantitative estimate of drug-likeness (QED) is 0.457. The molecule has 0 unspecified atom stereocenters. The Balaban J connectivity index is 2.82. The van der Waals surface area contributed by atoms with Gasteiger partial charge in [0.1, 0.15) is 11.4 Å². The van der Waals surface area contributed by atoms with Gasteiger partial charge in [0.05, 0.1) is 0 Å². The molecule has 0 aliphatic heterocycles. The minimum absolute atomic E-state index is 0.106. The van der Waals surface area contributed by atoms with Crippen LogP contribution in [-0.2, 0) is 6.42 Å². The monoisotopic (exact) mass is 241 g/mol. The van der Waals surface area contributed by atoms with Crippen molar-refractivity contribution in [2.75, 3.05) is 0 Å². The number of nitroso groups, excluding NO2 is 1. The molecule has 0 atom stereocenters. The molecule has 1 N–H and O–H groups in total. The summed E-state index contributed by atoms with van der Waals surface area (Å²) in [6, 6.07) is 7.01. The first-order valence-electron chi connectivity index (χ1n) is 5.46. The van der Waals surface area contributed by atoms with Gasteiger partial charge in [0, 0.05) is 0 Å². The Morgan fingerprint density at radius 3 is 2.33 bits per heavy atom. The lowest BCUT2D eigenvalue weighted by Gasteiger charge is -2.02. The van der Waals surface area contributed by atoms with Crippen LogP contribution in [0, 0.1) is 4.91 Å². The first-order valence-corrected chi connectivity index (χ1v) is 5.46. The molecular formula is C15H15NO2. The second-order valence-electron chi connectivity index (χ2n) is 3.68. The Morgan fingerprint density at radius 1 is 1.17 bits per heavy atom. The third-order valence-electron chi connectivity index (χ3n) is 2.39. The third kappa shape index (κ3) is 4.22. The second kappa shape index (κ2) is 7.01. The Hall–Kier alpha value is -2.42. The molecule has 0 saturated carbocycles. The minimum atomic E-state index is 0.106. The summed E-state index contributed by atoms with van der Waals surface area (Å²) >= 11 is 0. The summed E-state index contributed by atoms with van der Waals surface area (Å²) in [7, 11) is 0. The molecule has 0 heterocycles. The number of nitrogens with zero attached hydrogens (tertiary/aromatic N) is 1. The van der Waals surface area contributed by atoms with Crippen molar-refractivity contribution in [3.05, 3.63) is 83.5 Å². The Kier molecular flexibility index (Phi) is 5.32. The fraction of sp³-hybridized carbons (Fsp3) is 0.0667. The van der Waals surface area contributed by atoms with E-state index in [9.17, 15) is 10.0 Å². The zero-order valence-electron chi connectivity index (χ0n) is 10.0. The van der Waals surface area contributed by atoms with E-state index in [0.29, 0.717) is 12.1 Å². The van der Waals surface area contributed by atoms with Gasteiger partial charge in [0.2, 0.25) is 0 Å². The second-order valence-corrected chi connectivity index (χ2v) is 3.68. The lowest BCUT2D eigenvalue weighted by molar-refractivity contribution is 0.433. The van der Waals surface area contributed by atoms with Crippen molar-refractivity contribution in [2.24, 2.45) is 5.18 Å². The molecule has 0 radical (unpaired) electrons. The van der Waals surface area contributed by atoms with E-state index < -0.39 is 0 Å². The first kappa shape index (κ1) is 13.6. The number of hydrogen-bond donors (Lipinski definition) is 1. The largest absolute Gasteiger partial charge is 0.508 e. The number of allylic oxidation sites excluding steroid dienone is 5. The third-order valence-corrected chi connectivity index (χ3v) is 2.39. The lowest BCUT2D eigenvalue weighted by atomic mass is 10.0. The van der Waals surface area contributed by atoms with Crippen LogP contribution >= 0.6 is 0 Å². The zero-order chi connectivity index (χ0) is 13.4. The molecule has 0 aliphatic rings. The molecule has 3 heteroatoms. The van der Waals surface area contributed by atoms with Gasteiger partial charge < -0.3 is 5.11 Å². The van der Waals surface area contributed by atoms with E-state index in [0.717, 1.165) is 11.1 Å². The summed E-state index contributed by atoms with van der Waals surface area (Å²) in [5, 5.41) is 12.1. The molecular weight excluding hydrogens is 226 g/mol. The Labute approximate surface area is 106 Å². The van der Waals surface area contributed by atoms with E-state index in [4.69, 9.17) is 0 Å². The molecule has 0 amide bonds. The summed E-state index contributed by atoms with van der Waals surface area (Å²) in [5.74, 6) is 0.106. The van der Waals surface area contributed by atoms with Crippen molar-refractivity contribution in [1.29, 1.82) is 0 Å². The van der Waals surface area contributed by atoms with Crippen LogP contribution in [-0.4, -0.2) is 5.11 Å². The zero-order valence-corrected chi connectivity index (χ0v) is 10.0. The van der Waals surface area contributed by atoms with Crippen LogP contribution in [0.5, 0.6) is 0 Å². The summed E-state index contributed by atoms with van der Waals surface area (Å²) < 4.78 is 0. The van der Waals surface area contributed by atoms with E-state index >= 15 is 0 Å². The molecule has 0 saturated heterocycles. The average Bonchev–Trinajstić information content (AvgIpc) is 2.43. The van der Waals surface area contributed by atoms with Crippen LogP contribution in [0.15, 0.2) is 78.2 Å². The van der Waals surface area contributed by atoms with Crippen molar-refractivity contribution in [1.82, 2.24) is 0 Å². The number of aliphatic hydroxyl groups excluding tert-OH is 1. The molecule has 0 fully saturated rings. The summed E-state index contributed by atoms with van der Waals surface area (Å²) in [6.07, 6.45) is 7.09. The van der Waals surface area contributed by atoms with Crippen LogP contribution in [0.1, 0.15) is 5.56 Å². The van der Waals surface area contributed by atoms with E-state index in [2.05, 4.69) is 18.3 Å². The van der Waals surface area contributed by atoms with E-state index in [1.807, 2.05) is 12.1 Å². The van der Waals surface area contributed by atoms with Gasteiger partial charge in [0.25, 0.3) is 0 Å². The van der Waals surface area contributed by atoms with E-state index in [1.165, 1.54) is 6.08 Å². The summed E-state index contributed by atoms with van der Waals surface area (Å²) in [4.78, 5) is 10.3. The van der Waals surface area contributed by atoms with Gasteiger partial charge in [-0.15, -0.1) is 4.91 Å². The van der Waals surface area contributed by atoms with Crippen LogP contribution in [0.25, 0.3) is 0 Å². The summed E-state index contributed by atoms with van der Waals surface area (Å²) in [6.45, 7) is 7.18. The highest BCUT2D eigenvalue weighted by molar-refractivity contribution is 5.40. The van der Waals surface area contributed by atoms with Crippen molar-refractivity contribution in [3.8, 4) is 0 Å². The van der Waals surface area contributed by atoms with E-state index in [-0.39, 0.29) is 5.76 Å². The lowest BCUT2D eigenvalue weighted by Crippen LogP contribution is -1.87. The normalized spacial score (nSPS) is 12.0. The smallest absolute Gasteiger partial charge is 0.114 e. The van der Waals surface area contributed by atoms with E-state index in [1.54, 1.807) is 30.4 Å². The number of rotatable bonds is 6. The van der Waals surface area contributed by atoms with Crippen molar-refractivity contribution in [3.63, 3.8) is 0 Å². The van der Waals surface area contributed by atoms with Crippen LogP contribution < -0.4 is 0 Å². The van der Waals surface area contributed by atoms with Crippen molar-refractivity contribution in [2.45, 2.75) is 6.42 Å². The molecule has 0 spiro atoms. The predicted molar refractivity (Wildman–Crippen MR) is 74.8 cm³/mol. The van der Waals surface area contributed by atoms with Crippen molar-refractivity contribution < 1.29 is 5.11 Å². The molecule has 1 aromatic carbocycles. The standard InChI is InChI=1S/C15H15NO2/c1-3-12(7-10-15(17)4-2)11-13-5-8-14(16-18)9-6-13/h3-10,17H,1-2,11H2/b12-7+,15-10+. The van der Waals surface area contributed by atoms with Gasteiger partial charge in [0.15, 0.2) is 0 Å². The van der Waals surface area contributed by atoms with Gasteiger partial charge >= 0.3 is 0 Å². The molecule has 1 rings (SSSR count). The number of aliphatic hydroxyl groups is 1. The maximum absolute atomic E-state index is 10.3. The molecule has 0 aromatic heterocycles. The maximum Gasteiger partial charge on any atom is 0.114 e. The molecule has 18 heavy (non-hydrogen) atoms. The van der Waals surface area contributed by atoms with Crippen LogP contribution in [0.3, 0.4) is 0 Å². The molecule has 0 bridgehead atoms. The molecule has 92 valence electrons. The fourth-order valence-corrected chi connectivity index (χ4v) is 1.37. The highest BCUT2D eigenvalue weighted by Gasteiger charge is 1.97. The fourth-order valence-electron chi connectivity index (χ4n) is 1.37. The van der Waals surface area contributed by atoms with Gasteiger partial charge in [-0.1, -0.05) is 37.4 Å². The van der Waals surface area contributed by atoms with Crippen LogP contribution in [0.2, 0.25) is 0 Å². The molecule has 0 aliphatic carbocycles. The number of hydrogen-bond acceptors (Lipinski definition) is 3. The molecule has 3 nitrogen and oxygen atoms in total. The van der Waals surface area contributed by atoms with Gasteiger partial charge in [-0.2, -0.15) is 0 Å². The van der Waals surface area contributed by atoms with Gasteiger partial charge in [-0.3, -0.25) is 0 Å². The summed E-state index contributed by atoms with van der Waals surface area (Å²) in [5.41, 5.74) is 2.40. The highest BCUT2D eigenvalue weighted by atomic mass is 16.3. The number of benzene rings is 1. The predicted octanol–water partition coefficient (Wildman–Crippen LogP) is 4.37.